The van der Waals surface area contributed by atoms with Gasteiger partial charge in [-0.1, -0.05) is 6.07 Å². The molecule has 0 bridgehead atoms. The van der Waals surface area contributed by atoms with E-state index in [9.17, 15) is 5.11 Å². The standard InChI is InChI=1S/C13H16N4O2/c1-9-2-3-10(11(18)8-9)12-15-13(16-19-12)17-6-4-14-5-7-17/h2-3,8,14,18H,4-7H2,1H3. The van der Waals surface area contributed by atoms with E-state index >= 15 is 0 Å². The second kappa shape index (κ2) is 4.89. The van der Waals surface area contributed by atoms with Crippen molar-refractivity contribution in [2.45, 2.75) is 6.92 Å². The maximum absolute atomic E-state index is 9.91. The maximum Gasteiger partial charge on any atom is 0.266 e. The van der Waals surface area contributed by atoms with Crippen LogP contribution in [0.1, 0.15) is 5.56 Å². The first-order chi connectivity index (χ1) is 9.24. The number of rotatable bonds is 2. The summed E-state index contributed by atoms with van der Waals surface area (Å²) in [5.74, 6) is 1.10. The van der Waals surface area contributed by atoms with Gasteiger partial charge in [0.2, 0.25) is 0 Å². The Morgan fingerprint density at radius 2 is 2.11 bits per heavy atom. The van der Waals surface area contributed by atoms with Crippen LogP contribution in [-0.4, -0.2) is 41.4 Å². The van der Waals surface area contributed by atoms with Gasteiger partial charge < -0.3 is 19.8 Å². The fourth-order valence-electron chi connectivity index (χ4n) is 2.14. The summed E-state index contributed by atoms with van der Waals surface area (Å²) in [7, 11) is 0. The molecule has 1 aromatic heterocycles. The smallest absolute Gasteiger partial charge is 0.266 e. The molecule has 1 saturated heterocycles. The number of hydrogen-bond acceptors (Lipinski definition) is 6. The van der Waals surface area contributed by atoms with Crippen LogP contribution in [0.25, 0.3) is 11.5 Å². The van der Waals surface area contributed by atoms with Crippen LogP contribution in [0.3, 0.4) is 0 Å². The summed E-state index contributed by atoms with van der Waals surface area (Å²) < 4.78 is 5.24. The van der Waals surface area contributed by atoms with Gasteiger partial charge in [-0.3, -0.25) is 0 Å². The zero-order valence-electron chi connectivity index (χ0n) is 10.8. The van der Waals surface area contributed by atoms with Gasteiger partial charge >= 0.3 is 0 Å². The largest absolute Gasteiger partial charge is 0.507 e. The molecule has 100 valence electrons. The first-order valence-corrected chi connectivity index (χ1v) is 6.33. The van der Waals surface area contributed by atoms with E-state index in [1.54, 1.807) is 12.1 Å². The Hall–Kier alpha value is -2.08. The lowest BCUT2D eigenvalue weighted by molar-refractivity contribution is 0.421. The van der Waals surface area contributed by atoms with Gasteiger partial charge in [-0.15, -0.1) is 0 Å². The molecule has 0 atom stereocenters. The van der Waals surface area contributed by atoms with Crippen molar-refractivity contribution >= 4 is 5.95 Å². The van der Waals surface area contributed by atoms with Crippen molar-refractivity contribution in [1.29, 1.82) is 0 Å². The highest BCUT2D eigenvalue weighted by atomic mass is 16.5. The molecule has 6 heteroatoms. The van der Waals surface area contributed by atoms with Crippen LogP contribution in [0.15, 0.2) is 22.7 Å². The summed E-state index contributed by atoms with van der Waals surface area (Å²) >= 11 is 0. The van der Waals surface area contributed by atoms with Crippen molar-refractivity contribution in [2.24, 2.45) is 0 Å². The predicted molar refractivity (Wildman–Crippen MR) is 71.2 cm³/mol. The molecule has 3 rings (SSSR count). The van der Waals surface area contributed by atoms with Crippen molar-refractivity contribution in [3.63, 3.8) is 0 Å². The molecule has 6 nitrogen and oxygen atoms in total. The number of aryl methyl sites for hydroxylation is 1. The zero-order chi connectivity index (χ0) is 13.2. The highest BCUT2D eigenvalue weighted by Crippen LogP contribution is 2.29. The molecule has 0 saturated carbocycles. The van der Waals surface area contributed by atoms with Crippen LogP contribution in [0.4, 0.5) is 5.95 Å². The number of piperazine rings is 1. The van der Waals surface area contributed by atoms with Crippen LogP contribution >= 0.6 is 0 Å². The molecule has 19 heavy (non-hydrogen) atoms. The number of aromatic nitrogens is 2. The monoisotopic (exact) mass is 260 g/mol. The number of anilines is 1. The van der Waals surface area contributed by atoms with Gasteiger partial charge in [0.1, 0.15) is 5.75 Å². The molecule has 0 unspecified atom stereocenters. The van der Waals surface area contributed by atoms with Gasteiger partial charge in [0.25, 0.3) is 11.8 Å². The van der Waals surface area contributed by atoms with Crippen LogP contribution in [-0.2, 0) is 0 Å². The van der Waals surface area contributed by atoms with Crippen molar-refractivity contribution < 1.29 is 9.63 Å². The molecule has 1 aliphatic rings. The van der Waals surface area contributed by atoms with Crippen molar-refractivity contribution in [1.82, 2.24) is 15.5 Å². The summed E-state index contributed by atoms with van der Waals surface area (Å²) in [4.78, 5) is 6.42. The van der Waals surface area contributed by atoms with Crippen molar-refractivity contribution in [3.05, 3.63) is 23.8 Å². The second-order valence-electron chi connectivity index (χ2n) is 4.66. The van der Waals surface area contributed by atoms with E-state index in [4.69, 9.17) is 4.52 Å². The van der Waals surface area contributed by atoms with Crippen molar-refractivity contribution in [2.75, 3.05) is 31.1 Å². The molecule has 2 N–H and O–H groups in total. The average molecular weight is 260 g/mol. The summed E-state index contributed by atoms with van der Waals surface area (Å²) in [5, 5.41) is 17.2. The van der Waals surface area contributed by atoms with Gasteiger partial charge in [-0.05, 0) is 29.8 Å². The van der Waals surface area contributed by atoms with Crippen LogP contribution < -0.4 is 10.2 Å². The Morgan fingerprint density at radius 1 is 1.32 bits per heavy atom. The molecule has 2 aromatic rings. The Kier molecular flexibility index (Phi) is 3.08. The zero-order valence-corrected chi connectivity index (χ0v) is 10.8. The number of nitrogens with zero attached hydrogens (tertiary/aromatic N) is 3. The molecule has 1 aliphatic heterocycles. The van der Waals surface area contributed by atoms with Crippen LogP contribution in [0, 0.1) is 6.92 Å². The average Bonchev–Trinajstić information content (AvgIpc) is 2.89. The SMILES string of the molecule is Cc1ccc(-c2nc(N3CCNCC3)no2)c(O)c1. The van der Waals surface area contributed by atoms with Gasteiger partial charge in [0, 0.05) is 26.2 Å². The van der Waals surface area contributed by atoms with E-state index in [0.29, 0.717) is 17.4 Å². The minimum Gasteiger partial charge on any atom is -0.507 e. The Bertz CT molecular complexity index is 576. The highest BCUT2D eigenvalue weighted by Gasteiger charge is 2.18. The van der Waals surface area contributed by atoms with E-state index in [1.165, 1.54) is 0 Å². The number of benzene rings is 1. The number of hydrogen-bond donors (Lipinski definition) is 2. The van der Waals surface area contributed by atoms with E-state index < -0.39 is 0 Å². The lowest BCUT2D eigenvalue weighted by Gasteiger charge is -2.25. The molecule has 0 aliphatic carbocycles. The Morgan fingerprint density at radius 3 is 2.84 bits per heavy atom. The predicted octanol–water partition coefficient (Wildman–Crippen LogP) is 1.16. The summed E-state index contributed by atoms with van der Waals surface area (Å²) in [6, 6.07) is 5.38. The van der Waals surface area contributed by atoms with E-state index in [0.717, 1.165) is 31.7 Å². The lowest BCUT2D eigenvalue weighted by atomic mass is 10.1. The minimum atomic E-state index is 0.163. The molecule has 0 radical (unpaired) electrons. The lowest BCUT2D eigenvalue weighted by Crippen LogP contribution is -2.44. The number of nitrogens with one attached hydrogen (secondary N) is 1. The normalized spacial score (nSPS) is 15.7. The topological polar surface area (TPSA) is 74.4 Å². The summed E-state index contributed by atoms with van der Waals surface area (Å²) in [5.41, 5.74) is 1.56. The van der Waals surface area contributed by atoms with E-state index in [1.807, 2.05) is 13.0 Å². The third-order valence-corrected chi connectivity index (χ3v) is 3.20. The molecule has 0 amide bonds. The molecule has 0 spiro atoms. The molecular formula is C13H16N4O2. The van der Waals surface area contributed by atoms with Gasteiger partial charge in [-0.25, -0.2) is 0 Å². The third-order valence-electron chi connectivity index (χ3n) is 3.20. The van der Waals surface area contributed by atoms with E-state index in [2.05, 4.69) is 20.4 Å². The quantitative estimate of drug-likeness (QED) is 0.844. The third kappa shape index (κ3) is 2.39. The van der Waals surface area contributed by atoms with Crippen LogP contribution in [0.5, 0.6) is 5.75 Å². The second-order valence-corrected chi connectivity index (χ2v) is 4.66. The maximum atomic E-state index is 9.91. The molecular weight excluding hydrogens is 244 g/mol. The van der Waals surface area contributed by atoms with Crippen LogP contribution in [0.2, 0.25) is 0 Å². The highest BCUT2D eigenvalue weighted by molar-refractivity contribution is 5.63. The molecule has 1 fully saturated rings. The van der Waals surface area contributed by atoms with Crippen molar-refractivity contribution in [3.8, 4) is 17.2 Å². The fraction of sp³-hybridized carbons (Fsp3) is 0.385. The first-order valence-electron chi connectivity index (χ1n) is 6.33. The summed E-state index contributed by atoms with van der Waals surface area (Å²) in [6.45, 7) is 5.47. The number of phenols is 1. The summed E-state index contributed by atoms with van der Waals surface area (Å²) in [6.07, 6.45) is 0. The molecule has 2 heterocycles. The minimum absolute atomic E-state index is 0.163. The van der Waals surface area contributed by atoms with Gasteiger partial charge in [0.15, 0.2) is 0 Å². The first kappa shape index (κ1) is 12.0. The molecule has 1 aromatic carbocycles. The number of aromatic hydroxyl groups is 1. The Labute approximate surface area is 111 Å². The fourth-order valence-corrected chi connectivity index (χ4v) is 2.14. The van der Waals surface area contributed by atoms with E-state index in [-0.39, 0.29) is 5.75 Å². The van der Waals surface area contributed by atoms with Gasteiger partial charge in [0.05, 0.1) is 5.56 Å². The van der Waals surface area contributed by atoms with Gasteiger partial charge in [-0.2, -0.15) is 4.98 Å². The number of phenolic OH excluding ortho intramolecular Hbond substituents is 1. The Balaban J connectivity index is 1.87.